The smallest absolute Gasteiger partial charge is 0.143 e. The minimum absolute atomic E-state index is 0.909. The lowest BCUT2D eigenvalue weighted by Crippen LogP contribution is -2.09. The van der Waals surface area contributed by atoms with Gasteiger partial charge in [-0.2, -0.15) is 0 Å². The normalized spacial score (nSPS) is 11.9. The molecule has 0 radical (unpaired) electrons. The number of fused-ring (bicyclic) bond motifs is 14. The van der Waals surface area contributed by atoms with Gasteiger partial charge in [0.15, 0.2) is 0 Å². The lowest BCUT2D eigenvalue weighted by molar-refractivity contribution is 0.670. The zero-order valence-electron chi connectivity index (χ0n) is 33.0. The van der Waals surface area contributed by atoms with Crippen LogP contribution in [0.15, 0.2) is 217 Å². The largest absolute Gasteiger partial charge is 0.455 e. The van der Waals surface area contributed by atoms with Crippen LogP contribution in [0.1, 0.15) is 0 Å². The molecule has 0 spiro atoms. The quantitative estimate of drug-likeness (QED) is 0.173. The molecule has 0 unspecified atom stereocenters. The fraction of sp³-hybridized carbons (Fsp3) is 0. The van der Waals surface area contributed by atoms with Crippen LogP contribution in [-0.4, -0.2) is 0 Å². The summed E-state index contributed by atoms with van der Waals surface area (Å²) < 4.78 is 9.44. The number of anilines is 3. The molecule has 0 amide bonds. The third-order valence-corrected chi connectivity index (χ3v) is 13.8. The fourth-order valence-electron chi connectivity index (χ4n) is 9.81. The maximum absolute atomic E-state index is 6.79. The van der Waals surface area contributed by atoms with E-state index in [2.05, 4.69) is 217 Å². The number of hydrogen-bond acceptors (Lipinski definition) is 3. The molecule has 0 saturated heterocycles. The third kappa shape index (κ3) is 5.28. The van der Waals surface area contributed by atoms with Crippen LogP contribution in [0.25, 0.3) is 107 Å². The van der Waals surface area contributed by atoms with Crippen LogP contribution in [0.2, 0.25) is 0 Å². The molecule has 3 heteroatoms. The van der Waals surface area contributed by atoms with Crippen molar-refractivity contribution in [2.75, 3.05) is 4.90 Å². The highest BCUT2D eigenvalue weighted by Crippen LogP contribution is 2.48. The minimum Gasteiger partial charge on any atom is -0.455 e. The van der Waals surface area contributed by atoms with Crippen molar-refractivity contribution >= 4 is 114 Å². The number of para-hydroxylation sites is 1. The number of benzene rings is 11. The topological polar surface area (TPSA) is 16.4 Å². The first-order valence-electron chi connectivity index (χ1n) is 20.8. The van der Waals surface area contributed by atoms with E-state index in [1.807, 2.05) is 11.3 Å². The number of furan rings is 1. The summed E-state index contributed by atoms with van der Waals surface area (Å²) in [6.07, 6.45) is 0. The Labute approximate surface area is 355 Å². The van der Waals surface area contributed by atoms with E-state index in [0.29, 0.717) is 0 Å². The summed E-state index contributed by atoms with van der Waals surface area (Å²) in [5, 5.41) is 15.0. The summed E-state index contributed by atoms with van der Waals surface area (Å²) in [6.45, 7) is 0. The second-order valence-corrected chi connectivity index (χ2v) is 17.0. The van der Waals surface area contributed by atoms with E-state index in [0.717, 1.165) is 39.4 Å². The van der Waals surface area contributed by atoms with Crippen LogP contribution in [0.4, 0.5) is 17.1 Å². The molecule has 0 N–H and O–H groups in total. The van der Waals surface area contributed by atoms with Crippen molar-refractivity contribution in [2.24, 2.45) is 0 Å². The van der Waals surface area contributed by atoms with Gasteiger partial charge in [-0.25, -0.2) is 0 Å². The van der Waals surface area contributed by atoms with Gasteiger partial charge < -0.3 is 9.32 Å². The van der Waals surface area contributed by atoms with E-state index < -0.39 is 0 Å². The molecule has 2 aromatic heterocycles. The summed E-state index contributed by atoms with van der Waals surface area (Å²) in [7, 11) is 0. The molecule has 0 aliphatic carbocycles. The van der Waals surface area contributed by atoms with Crippen LogP contribution >= 0.6 is 11.3 Å². The summed E-state index contributed by atoms with van der Waals surface area (Å²) in [4.78, 5) is 2.35. The van der Waals surface area contributed by atoms with E-state index in [1.54, 1.807) is 0 Å². The van der Waals surface area contributed by atoms with Crippen LogP contribution in [0.3, 0.4) is 0 Å². The van der Waals surface area contributed by atoms with Gasteiger partial charge in [-0.3, -0.25) is 0 Å². The van der Waals surface area contributed by atoms with Gasteiger partial charge in [0.05, 0.1) is 0 Å². The second-order valence-electron chi connectivity index (χ2n) is 16.0. The monoisotopic (exact) mass is 793 g/mol. The van der Waals surface area contributed by atoms with Crippen LogP contribution < -0.4 is 4.90 Å². The molecule has 11 aromatic carbocycles. The standard InChI is InChI=1S/C58H35NOS/c1-2-16-42(17-3-1)59(43-28-22-38(23-29-43)49-34-40-14-6-10-20-47(40)55-53-45-18-8-4-12-36(45)26-32-51(53)60-57(49)55)44-30-24-39(25-31-44)50-35-41-15-7-11-21-48(41)56-54-46-19-9-5-13-37(46)27-33-52(54)61-58(50)56/h1-35H. The van der Waals surface area contributed by atoms with Gasteiger partial charge in [0.25, 0.3) is 0 Å². The number of hydrogen-bond donors (Lipinski definition) is 0. The number of nitrogens with zero attached hydrogens (tertiary/aromatic N) is 1. The Bertz CT molecular complexity index is 3620. The van der Waals surface area contributed by atoms with Crippen molar-refractivity contribution in [1.29, 1.82) is 0 Å². The molecule has 284 valence electrons. The van der Waals surface area contributed by atoms with Gasteiger partial charge >= 0.3 is 0 Å². The molecule has 13 rings (SSSR count). The Morgan fingerprint density at radius 3 is 1.46 bits per heavy atom. The van der Waals surface area contributed by atoms with Crippen molar-refractivity contribution in [2.45, 2.75) is 0 Å². The average molecular weight is 794 g/mol. The van der Waals surface area contributed by atoms with E-state index in [4.69, 9.17) is 4.42 Å². The Hall–Kier alpha value is -7.72. The predicted octanol–water partition coefficient (Wildman–Crippen LogP) is 17.4. The van der Waals surface area contributed by atoms with Crippen LogP contribution in [0, 0.1) is 0 Å². The molecular weight excluding hydrogens is 759 g/mol. The first-order valence-corrected chi connectivity index (χ1v) is 21.6. The minimum atomic E-state index is 0.909. The summed E-state index contributed by atoms with van der Waals surface area (Å²) >= 11 is 1.90. The van der Waals surface area contributed by atoms with Crippen LogP contribution in [0.5, 0.6) is 0 Å². The average Bonchev–Trinajstić information content (AvgIpc) is 3.93. The highest BCUT2D eigenvalue weighted by atomic mass is 32.1. The fourth-order valence-corrected chi connectivity index (χ4v) is 11.1. The van der Waals surface area contributed by atoms with Crippen molar-refractivity contribution in [3.05, 3.63) is 212 Å². The maximum atomic E-state index is 6.79. The zero-order chi connectivity index (χ0) is 40.0. The van der Waals surface area contributed by atoms with Crippen molar-refractivity contribution in [3.8, 4) is 22.3 Å². The molecule has 13 aromatic rings. The molecule has 2 nitrogen and oxygen atoms in total. The van der Waals surface area contributed by atoms with Gasteiger partial charge in [0.1, 0.15) is 11.2 Å². The first-order chi connectivity index (χ1) is 30.2. The Morgan fingerprint density at radius 2 is 0.820 bits per heavy atom. The maximum Gasteiger partial charge on any atom is 0.143 e. The molecule has 0 aliphatic rings. The first kappa shape index (κ1) is 34.2. The predicted molar refractivity (Wildman–Crippen MR) is 262 cm³/mol. The summed E-state index contributed by atoms with van der Waals surface area (Å²) in [5.41, 5.74) is 9.78. The van der Waals surface area contributed by atoms with Crippen molar-refractivity contribution in [1.82, 2.24) is 0 Å². The molecule has 2 heterocycles. The lowest BCUT2D eigenvalue weighted by Gasteiger charge is -2.26. The van der Waals surface area contributed by atoms with Crippen molar-refractivity contribution in [3.63, 3.8) is 0 Å². The highest BCUT2D eigenvalue weighted by molar-refractivity contribution is 7.26. The molecule has 0 saturated carbocycles. The third-order valence-electron chi connectivity index (χ3n) is 12.6. The molecule has 0 fully saturated rings. The van der Waals surface area contributed by atoms with Gasteiger partial charge in [0.2, 0.25) is 0 Å². The van der Waals surface area contributed by atoms with Crippen molar-refractivity contribution < 1.29 is 4.42 Å². The molecule has 0 bridgehead atoms. The SMILES string of the molecule is c1ccc(N(c2ccc(-c3cc4ccccc4c4c3oc3ccc5ccccc5c34)cc2)c2ccc(-c3cc4ccccc4c4c3sc3ccc5ccccc5c34)cc2)cc1. The molecular formula is C58H35NOS. The highest BCUT2D eigenvalue weighted by Gasteiger charge is 2.21. The Morgan fingerprint density at radius 1 is 0.344 bits per heavy atom. The molecule has 0 aliphatic heterocycles. The summed E-state index contributed by atoms with van der Waals surface area (Å²) in [6, 6.07) is 77.2. The van der Waals surface area contributed by atoms with E-state index in [1.165, 1.54) is 85.2 Å². The zero-order valence-corrected chi connectivity index (χ0v) is 33.8. The van der Waals surface area contributed by atoms with Gasteiger partial charge in [-0.15, -0.1) is 11.3 Å². The van der Waals surface area contributed by atoms with Gasteiger partial charge in [0, 0.05) is 59.1 Å². The Kier molecular flexibility index (Phi) is 7.51. The van der Waals surface area contributed by atoms with Crippen LogP contribution in [-0.2, 0) is 0 Å². The van der Waals surface area contributed by atoms with Gasteiger partial charge in [-0.1, -0.05) is 152 Å². The van der Waals surface area contributed by atoms with E-state index >= 15 is 0 Å². The summed E-state index contributed by atoms with van der Waals surface area (Å²) in [5.74, 6) is 0. The Balaban J connectivity index is 0.940. The molecule has 0 atom stereocenters. The second kappa shape index (κ2) is 13.4. The van der Waals surface area contributed by atoms with Gasteiger partial charge in [-0.05, 0) is 115 Å². The number of thiophene rings is 1. The molecule has 61 heavy (non-hydrogen) atoms. The number of rotatable bonds is 5. The van der Waals surface area contributed by atoms with E-state index in [-0.39, 0.29) is 0 Å². The van der Waals surface area contributed by atoms with E-state index in [9.17, 15) is 0 Å². The lowest BCUT2D eigenvalue weighted by atomic mass is 9.94.